The molecule has 0 aliphatic heterocycles. The molecule has 7 heteroatoms. The number of carboxylic acids is 1. The molecule has 0 radical (unpaired) electrons. The Bertz CT molecular complexity index is 736. The van der Waals surface area contributed by atoms with E-state index in [1.54, 1.807) is 6.07 Å². The Morgan fingerprint density at radius 3 is 2.52 bits per heavy atom. The largest absolute Gasteiger partial charge is 0.478 e. The average Bonchev–Trinajstić information content (AvgIpc) is 2.43. The summed E-state index contributed by atoms with van der Waals surface area (Å²) in [5.74, 6) is -2.63. The quantitative estimate of drug-likeness (QED) is 0.849. The van der Waals surface area contributed by atoms with Crippen LogP contribution in [0.25, 0.3) is 0 Å². The number of anilines is 1. The van der Waals surface area contributed by atoms with Crippen molar-refractivity contribution < 1.29 is 19.1 Å². The lowest BCUT2D eigenvalue weighted by Crippen LogP contribution is -2.15. The second-order valence-electron chi connectivity index (χ2n) is 4.07. The number of carboxylic acid groups (broad SMARTS) is 1. The molecule has 0 atom stereocenters. The fraction of sp³-hybridized carbons (Fsp3) is 0. The van der Waals surface area contributed by atoms with E-state index in [-0.39, 0.29) is 21.8 Å². The molecule has 0 fully saturated rings. The van der Waals surface area contributed by atoms with Gasteiger partial charge in [-0.15, -0.1) is 0 Å². The highest BCUT2D eigenvalue weighted by Gasteiger charge is 2.16. The van der Waals surface area contributed by atoms with Gasteiger partial charge in [0, 0.05) is 4.47 Å². The number of amides is 1. The Hall–Kier alpha value is -1.92. The summed E-state index contributed by atoms with van der Waals surface area (Å²) in [6.07, 6.45) is 0. The van der Waals surface area contributed by atoms with Gasteiger partial charge in [-0.2, -0.15) is 0 Å². The molecule has 0 spiro atoms. The summed E-state index contributed by atoms with van der Waals surface area (Å²) in [5, 5.41) is 11.6. The number of hydrogen-bond donors (Lipinski definition) is 2. The predicted octanol–water partition coefficient (Wildman–Crippen LogP) is 4.19. The van der Waals surface area contributed by atoms with Gasteiger partial charge in [-0.1, -0.05) is 27.5 Å². The van der Waals surface area contributed by atoms with E-state index < -0.39 is 17.7 Å². The van der Waals surface area contributed by atoms with Gasteiger partial charge in [0.1, 0.15) is 5.82 Å². The molecule has 0 saturated carbocycles. The van der Waals surface area contributed by atoms with Crippen molar-refractivity contribution in [2.75, 3.05) is 5.32 Å². The second kappa shape index (κ2) is 6.24. The molecule has 1 amide bonds. The Kier molecular flexibility index (Phi) is 4.59. The highest BCUT2D eigenvalue weighted by molar-refractivity contribution is 9.10. The number of aromatic carboxylic acids is 1. The monoisotopic (exact) mass is 371 g/mol. The normalized spacial score (nSPS) is 10.2. The molecule has 2 aromatic carbocycles. The van der Waals surface area contributed by atoms with Gasteiger partial charge >= 0.3 is 5.97 Å². The van der Waals surface area contributed by atoms with Crippen molar-refractivity contribution >= 4 is 45.1 Å². The molecule has 0 bridgehead atoms. The van der Waals surface area contributed by atoms with Crippen molar-refractivity contribution in [2.45, 2.75) is 0 Å². The van der Waals surface area contributed by atoms with E-state index in [2.05, 4.69) is 21.2 Å². The summed E-state index contributed by atoms with van der Waals surface area (Å²) in [4.78, 5) is 23.2. The zero-order chi connectivity index (χ0) is 15.6. The SMILES string of the molecule is O=C(Nc1ccc(F)cc1C(=O)O)c1cc(Br)ccc1Cl. The summed E-state index contributed by atoms with van der Waals surface area (Å²) in [5.41, 5.74) is -0.175. The van der Waals surface area contributed by atoms with Crippen LogP contribution in [0.3, 0.4) is 0 Å². The molecule has 4 nitrogen and oxygen atoms in total. The van der Waals surface area contributed by atoms with Gasteiger partial charge in [-0.25, -0.2) is 9.18 Å². The van der Waals surface area contributed by atoms with Crippen LogP contribution in [0.15, 0.2) is 40.9 Å². The number of hydrogen-bond acceptors (Lipinski definition) is 2. The fourth-order valence-electron chi connectivity index (χ4n) is 1.66. The average molecular weight is 373 g/mol. The molecule has 2 aromatic rings. The van der Waals surface area contributed by atoms with Gasteiger partial charge < -0.3 is 10.4 Å². The number of nitrogens with one attached hydrogen (secondary N) is 1. The third-order valence-corrected chi connectivity index (χ3v) is 3.46. The van der Waals surface area contributed by atoms with Gasteiger partial charge in [0.25, 0.3) is 5.91 Å². The first-order valence-electron chi connectivity index (χ1n) is 5.67. The summed E-state index contributed by atoms with van der Waals surface area (Å²) in [6, 6.07) is 7.78. The minimum absolute atomic E-state index is 0.00931. The number of carbonyl (C=O) groups excluding carboxylic acids is 1. The van der Waals surface area contributed by atoms with E-state index in [1.807, 2.05) is 0 Å². The maximum absolute atomic E-state index is 13.1. The molecular formula is C14H8BrClFNO3. The molecule has 21 heavy (non-hydrogen) atoms. The van der Waals surface area contributed by atoms with Crippen molar-refractivity contribution in [3.8, 4) is 0 Å². The molecule has 0 aromatic heterocycles. The summed E-state index contributed by atoms with van der Waals surface area (Å²) < 4.78 is 13.7. The van der Waals surface area contributed by atoms with Crippen molar-refractivity contribution in [1.82, 2.24) is 0 Å². The van der Waals surface area contributed by atoms with Crippen LogP contribution >= 0.6 is 27.5 Å². The minimum Gasteiger partial charge on any atom is -0.478 e. The van der Waals surface area contributed by atoms with Crippen LogP contribution in [0.4, 0.5) is 10.1 Å². The van der Waals surface area contributed by atoms with Gasteiger partial charge in [0.2, 0.25) is 0 Å². The molecule has 0 aliphatic carbocycles. The van der Waals surface area contributed by atoms with Crippen LogP contribution in [0.1, 0.15) is 20.7 Å². The Balaban J connectivity index is 2.36. The molecule has 108 valence electrons. The second-order valence-corrected chi connectivity index (χ2v) is 5.40. The van der Waals surface area contributed by atoms with Crippen molar-refractivity contribution in [1.29, 1.82) is 0 Å². The van der Waals surface area contributed by atoms with Gasteiger partial charge in [0.15, 0.2) is 0 Å². The zero-order valence-electron chi connectivity index (χ0n) is 10.4. The Morgan fingerprint density at radius 2 is 1.86 bits per heavy atom. The number of halogens is 3. The summed E-state index contributed by atoms with van der Waals surface area (Å²) in [7, 11) is 0. The number of rotatable bonds is 3. The highest BCUT2D eigenvalue weighted by Crippen LogP contribution is 2.23. The van der Waals surface area contributed by atoms with E-state index in [1.165, 1.54) is 18.2 Å². The van der Waals surface area contributed by atoms with E-state index >= 15 is 0 Å². The maximum atomic E-state index is 13.1. The van der Waals surface area contributed by atoms with Crippen LogP contribution in [0.2, 0.25) is 5.02 Å². The molecule has 0 unspecified atom stereocenters. The fourth-order valence-corrected chi connectivity index (χ4v) is 2.23. The third kappa shape index (κ3) is 3.59. The highest BCUT2D eigenvalue weighted by atomic mass is 79.9. The smallest absolute Gasteiger partial charge is 0.337 e. The lowest BCUT2D eigenvalue weighted by atomic mass is 10.1. The van der Waals surface area contributed by atoms with Crippen LogP contribution in [-0.4, -0.2) is 17.0 Å². The van der Waals surface area contributed by atoms with Gasteiger partial charge in [0.05, 0.1) is 21.8 Å². The molecular weight excluding hydrogens is 365 g/mol. The topological polar surface area (TPSA) is 66.4 Å². The molecule has 2 N–H and O–H groups in total. The third-order valence-electron chi connectivity index (χ3n) is 2.63. The molecule has 2 rings (SSSR count). The Morgan fingerprint density at radius 1 is 1.14 bits per heavy atom. The standard InChI is InChI=1S/C14H8BrClFNO3/c15-7-1-3-11(16)9(5-7)13(19)18-12-4-2-8(17)6-10(12)14(20)21/h1-6H,(H,18,19)(H,20,21). The van der Waals surface area contributed by atoms with Crippen LogP contribution in [0.5, 0.6) is 0 Å². The number of benzene rings is 2. The summed E-state index contributed by atoms with van der Waals surface area (Å²) >= 11 is 9.14. The molecule has 0 saturated heterocycles. The molecule has 0 aliphatic rings. The maximum Gasteiger partial charge on any atom is 0.337 e. The number of carbonyl (C=O) groups is 2. The van der Waals surface area contributed by atoms with E-state index in [4.69, 9.17) is 16.7 Å². The molecule has 0 heterocycles. The van der Waals surface area contributed by atoms with E-state index in [9.17, 15) is 14.0 Å². The first-order valence-corrected chi connectivity index (χ1v) is 6.85. The first-order chi connectivity index (χ1) is 9.88. The van der Waals surface area contributed by atoms with Crippen LogP contribution < -0.4 is 5.32 Å². The Labute approximate surface area is 132 Å². The van der Waals surface area contributed by atoms with E-state index in [0.717, 1.165) is 12.1 Å². The van der Waals surface area contributed by atoms with Crippen molar-refractivity contribution in [3.05, 3.63) is 62.8 Å². The zero-order valence-corrected chi connectivity index (χ0v) is 12.7. The first kappa shape index (κ1) is 15.5. The van der Waals surface area contributed by atoms with Crippen molar-refractivity contribution in [3.63, 3.8) is 0 Å². The summed E-state index contributed by atoms with van der Waals surface area (Å²) in [6.45, 7) is 0. The van der Waals surface area contributed by atoms with E-state index in [0.29, 0.717) is 4.47 Å². The lowest BCUT2D eigenvalue weighted by Gasteiger charge is -2.10. The van der Waals surface area contributed by atoms with Crippen LogP contribution in [-0.2, 0) is 0 Å². The lowest BCUT2D eigenvalue weighted by molar-refractivity contribution is 0.0697. The minimum atomic E-state index is -1.34. The van der Waals surface area contributed by atoms with Crippen molar-refractivity contribution in [2.24, 2.45) is 0 Å². The van der Waals surface area contributed by atoms with Crippen LogP contribution in [0, 0.1) is 5.82 Å². The predicted molar refractivity (Wildman–Crippen MR) is 80.5 cm³/mol. The van der Waals surface area contributed by atoms with Gasteiger partial charge in [-0.3, -0.25) is 4.79 Å². The van der Waals surface area contributed by atoms with Gasteiger partial charge in [-0.05, 0) is 36.4 Å².